The van der Waals surface area contributed by atoms with E-state index in [2.05, 4.69) is 0 Å². The van der Waals surface area contributed by atoms with E-state index in [1.807, 2.05) is 6.07 Å². The van der Waals surface area contributed by atoms with Gasteiger partial charge in [-0.3, -0.25) is 10.1 Å². The van der Waals surface area contributed by atoms with Crippen molar-refractivity contribution in [1.82, 2.24) is 0 Å². The highest BCUT2D eigenvalue weighted by Gasteiger charge is 2.30. The third-order valence-electron chi connectivity index (χ3n) is 2.43. The summed E-state index contributed by atoms with van der Waals surface area (Å²) in [6.45, 7) is 1.72. The molecule has 4 heteroatoms. The van der Waals surface area contributed by atoms with Gasteiger partial charge in [-0.15, -0.1) is 0 Å². The molecule has 0 saturated carbocycles. The van der Waals surface area contributed by atoms with Crippen molar-refractivity contribution in [3.8, 4) is 0 Å². The molecule has 0 N–H and O–H groups in total. The fraction of sp³-hybridized carbons (Fsp3) is 0.364. The van der Waals surface area contributed by atoms with Crippen LogP contribution in [0.3, 0.4) is 0 Å². The van der Waals surface area contributed by atoms with Gasteiger partial charge in [0.1, 0.15) is 12.2 Å². The highest BCUT2D eigenvalue weighted by Crippen LogP contribution is 2.21. The molecule has 1 rings (SSSR count). The summed E-state index contributed by atoms with van der Waals surface area (Å²) in [7, 11) is 0. The lowest BCUT2D eigenvalue weighted by atomic mass is 9.92. The van der Waals surface area contributed by atoms with Crippen molar-refractivity contribution in [2.75, 3.05) is 0 Å². The molecule has 0 aliphatic rings. The van der Waals surface area contributed by atoms with E-state index in [4.69, 9.17) is 0 Å². The van der Waals surface area contributed by atoms with Crippen LogP contribution in [-0.2, 0) is 4.79 Å². The minimum Gasteiger partial charge on any atom is -0.302 e. The van der Waals surface area contributed by atoms with Gasteiger partial charge in [-0.2, -0.15) is 0 Å². The summed E-state index contributed by atoms with van der Waals surface area (Å²) >= 11 is 0. The Morgan fingerprint density at radius 3 is 2.40 bits per heavy atom. The summed E-state index contributed by atoms with van der Waals surface area (Å²) in [4.78, 5) is 21.3. The van der Waals surface area contributed by atoms with Crippen LogP contribution < -0.4 is 0 Å². The molecule has 1 aromatic carbocycles. The fourth-order valence-corrected chi connectivity index (χ4v) is 1.60. The SMILES string of the molecule is CC[C@H]([C@H](C=O)c1ccccc1)[N+](=O)[O-]. The Balaban J connectivity index is 2.97. The highest BCUT2D eigenvalue weighted by molar-refractivity contribution is 5.63. The molecule has 0 saturated heterocycles. The van der Waals surface area contributed by atoms with Crippen LogP contribution in [0.1, 0.15) is 24.8 Å². The molecule has 2 atom stereocenters. The van der Waals surface area contributed by atoms with Gasteiger partial charge in [0.25, 0.3) is 0 Å². The van der Waals surface area contributed by atoms with Crippen LogP contribution in [0.5, 0.6) is 0 Å². The first-order valence-corrected chi connectivity index (χ1v) is 4.84. The predicted molar refractivity (Wildman–Crippen MR) is 56.3 cm³/mol. The predicted octanol–water partition coefficient (Wildman–Crippen LogP) is 2.02. The third kappa shape index (κ3) is 2.62. The maximum Gasteiger partial charge on any atom is 0.226 e. The molecule has 15 heavy (non-hydrogen) atoms. The molecule has 0 amide bonds. The number of carbonyl (C=O) groups is 1. The van der Waals surface area contributed by atoms with Crippen molar-refractivity contribution in [2.45, 2.75) is 25.3 Å². The molecule has 0 aliphatic carbocycles. The molecular formula is C11H13NO3. The zero-order valence-corrected chi connectivity index (χ0v) is 8.50. The van der Waals surface area contributed by atoms with Gasteiger partial charge in [0.15, 0.2) is 0 Å². The first-order valence-electron chi connectivity index (χ1n) is 4.84. The molecular weight excluding hydrogens is 194 g/mol. The Morgan fingerprint density at radius 2 is 2.00 bits per heavy atom. The van der Waals surface area contributed by atoms with Gasteiger partial charge in [-0.25, -0.2) is 0 Å². The Morgan fingerprint density at radius 1 is 1.40 bits per heavy atom. The highest BCUT2D eigenvalue weighted by atomic mass is 16.6. The number of hydrogen-bond acceptors (Lipinski definition) is 3. The van der Waals surface area contributed by atoms with E-state index in [0.29, 0.717) is 18.3 Å². The Hall–Kier alpha value is -1.71. The summed E-state index contributed by atoms with van der Waals surface area (Å²) in [5, 5.41) is 10.8. The van der Waals surface area contributed by atoms with Crippen molar-refractivity contribution >= 4 is 6.29 Å². The lowest BCUT2D eigenvalue weighted by Crippen LogP contribution is -2.27. The number of rotatable bonds is 5. The molecule has 0 spiro atoms. The van der Waals surface area contributed by atoms with E-state index in [9.17, 15) is 14.9 Å². The van der Waals surface area contributed by atoms with E-state index < -0.39 is 12.0 Å². The van der Waals surface area contributed by atoms with Gasteiger partial charge < -0.3 is 4.79 Å². The van der Waals surface area contributed by atoms with Gasteiger partial charge in [0.05, 0.1) is 0 Å². The largest absolute Gasteiger partial charge is 0.302 e. The van der Waals surface area contributed by atoms with E-state index in [-0.39, 0.29) is 4.92 Å². The molecule has 0 aliphatic heterocycles. The van der Waals surface area contributed by atoms with Crippen LogP contribution >= 0.6 is 0 Å². The maximum atomic E-state index is 10.9. The Bertz CT molecular complexity index is 337. The molecule has 4 nitrogen and oxygen atoms in total. The van der Waals surface area contributed by atoms with Crippen molar-refractivity contribution in [3.63, 3.8) is 0 Å². The van der Waals surface area contributed by atoms with Crippen molar-refractivity contribution in [2.24, 2.45) is 0 Å². The quantitative estimate of drug-likeness (QED) is 0.421. The molecule has 1 aromatic rings. The minimum absolute atomic E-state index is 0.352. The lowest BCUT2D eigenvalue weighted by Gasteiger charge is -2.14. The third-order valence-corrected chi connectivity index (χ3v) is 2.43. The minimum atomic E-state index is -0.829. The second-order valence-corrected chi connectivity index (χ2v) is 3.33. The summed E-state index contributed by atoms with van der Waals surface area (Å²) in [5.41, 5.74) is 0.705. The molecule has 80 valence electrons. The lowest BCUT2D eigenvalue weighted by molar-refractivity contribution is -0.524. The zero-order valence-electron chi connectivity index (χ0n) is 8.50. The number of carbonyl (C=O) groups excluding carboxylic acids is 1. The number of hydrogen-bond donors (Lipinski definition) is 0. The average molecular weight is 207 g/mol. The van der Waals surface area contributed by atoms with E-state index in [1.165, 1.54) is 0 Å². The van der Waals surface area contributed by atoms with Crippen LogP contribution in [0.25, 0.3) is 0 Å². The van der Waals surface area contributed by atoms with Crippen molar-refractivity contribution in [3.05, 3.63) is 46.0 Å². The summed E-state index contributed by atoms with van der Waals surface area (Å²) in [5.74, 6) is -0.647. The van der Waals surface area contributed by atoms with Crippen molar-refractivity contribution in [1.29, 1.82) is 0 Å². The van der Waals surface area contributed by atoms with Crippen LogP contribution in [0.2, 0.25) is 0 Å². The standard InChI is InChI=1S/C11H13NO3/c1-2-11(12(14)15)10(8-13)9-6-4-3-5-7-9/h3-8,10-11H,2H2,1H3/t10-,11-/m1/s1. The normalized spacial score (nSPS) is 14.2. The van der Waals surface area contributed by atoms with Gasteiger partial charge in [-0.05, 0) is 5.56 Å². The average Bonchev–Trinajstić information content (AvgIpc) is 2.26. The Kier molecular flexibility index (Phi) is 3.97. The topological polar surface area (TPSA) is 60.2 Å². The summed E-state index contributed by atoms with van der Waals surface area (Å²) < 4.78 is 0. The maximum absolute atomic E-state index is 10.9. The fourth-order valence-electron chi connectivity index (χ4n) is 1.60. The second-order valence-electron chi connectivity index (χ2n) is 3.33. The molecule has 0 unspecified atom stereocenters. The van der Waals surface area contributed by atoms with Crippen LogP contribution in [0.4, 0.5) is 0 Å². The van der Waals surface area contributed by atoms with Gasteiger partial charge in [0, 0.05) is 11.3 Å². The van der Waals surface area contributed by atoms with Crippen molar-refractivity contribution < 1.29 is 9.72 Å². The number of nitrogens with zero attached hydrogens (tertiary/aromatic N) is 1. The van der Waals surface area contributed by atoms with Gasteiger partial charge in [0.2, 0.25) is 6.04 Å². The molecule has 0 radical (unpaired) electrons. The zero-order chi connectivity index (χ0) is 11.3. The monoisotopic (exact) mass is 207 g/mol. The van der Waals surface area contributed by atoms with Gasteiger partial charge in [-0.1, -0.05) is 37.3 Å². The molecule has 0 heterocycles. The first kappa shape index (κ1) is 11.4. The molecule has 0 aromatic heterocycles. The summed E-state index contributed by atoms with van der Waals surface area (Å²) in [6, 6.07) is 8.02. The molecule has 0 bridgehead atoms. The van der Waals surface area contributed by atoms with Crippen LogP contribution in [0, 0.1) is 10.1 Å². The number of nitro groups is 1. The van der Waals surface area contributed by atoms with E-state index >= 15 is 0 Å². The summed E-state index contributed by atoms with van der Waals surface area (Å²) in [6.07, 6.45) is 1.01. The van der Waals surface area contributed by atoms with E-state index in [0.717, 1.165) is 0 Å². The smallest absolute Gasteiger partial charge is 0.226 e. The molecule has 0 fully saturated rings. The van der Waals surface area contributed by atoms with Crippen LogP contribution in [-0.4, -0.2) is 17.3 Å². The Labute approximate surface area is 88.1 Å². The van der Waals surface area contributed by atoms with E-state index in [1.54, 1.807) is 31.2 Å². The number of benzene rings is 1. The van der Waals surface area contributed by atoms with Crippen LogP contribution in [0.15, 0.2) is 30.3 Å². The first-order chi connectivity index (χ1) is 7.20. The van der Waals surface area contributed by atoms with Gasteiger partial charge >= 0.3 is 0 Å². The number of aldehydes is 1. The second kappa shape index (κ2) is 5.24.